The number of benzene rings is 2. The van der Waals surface area contributed by atoms with E-state index in [-0.39, 0.29) is 5.82 Å². The van der Waals surface area contributed by atoms with Crippen molar-refractivity contribution in [1.82, 2.24) is 4.90 Å². The second kappa shape index (κ2) is 10.7. The van der Waals surface area contributed by atoms with E-state index in [2.05, 4.69) is 20.5 Å². The minimum atomic E-state index is -0.255. The number of rotatable bonds is 5. The fraction of sp³-hybridized carbons (Fsp3) is 0.278. The number of nitrogens with zero attached hydrogens (tertiary/aromatic N) is 2. The molecule has 0 saturated carbocycles. The van der Waals surface area contributed by atoms with Crippen LogP contribution in [0.2, 0.25) is 0 Å². The summed E-state index contributed by atoms with van der Waals surface area (Å²) in [7, 11) is 8.59. The molecule has 5 heteroatoms. The monoisotopic (exact) mass is 513 g/mol. The van der Waals surface area contributed by atoms with Crippen molar-refractivity contribution in [2.45, 2.75) is 6.92 Å². The van der Waals surface area contributed by atoms with Crippen molar-refractivity contribution in [2.24, 2.45) is 4.99 Å². The molecular weight excluding hydrogens is 494 g/mol. The van der Waals surface area contributed by atoms with Crippen molar-refractivity contribution in [3.8, 4) is 11.1 Å². The average molecular weight is 514 g/mol. The van der Waals surface area contributed by atoms with Crippen LogP contribution in [0.3, 0.4) is 0 Å². The first kappa shape index (κ1) is 20.0. The summed E-state index contributed by atoms with van der Waals surface area (Å²) in [4.78, 5) is 6.37. The van der Waals surface area contributed by atoms with Crippen LogP contribution >= 0.6 is 9.42 Å². The molecular formula is C18H20ClFN2Pt. The van der Waals surface area contributed by atoms with Crippen LogP contribution in [0.25, 0.3) is 11.1 Å². The molecule has 0 saturated heterocycles. The molecule has 0 heterocycles. The Bertz CT molecular complexity index is 627. The van der Waals surface area contributed by atoms with Crippen LogP contribution in [0, 0.1) is 18.8 Å². The molecule has 0 spiro atoms. The van der Waals surface area contributed by atoms with Crippen LogP contribution in [0.15, 0.2) is 41.4 Å². The Balaban J connectivity index is 0.00000127. The molecule has 0 fully saturated rings. The first-order valence-electron chi connectivity index (χ1n) is 7.11. The van der Waals surface area contributed by atoms with Crippen LogP contribution < -0.4 is 0 Å². The van der Waals surface area contributed by atoms with Crippen molar-refractivity contribution < 1.29 is 23.2 Å². The first-order chi connectivity index (χ1) is 11.1. The molecule has 0 N–H and O–H groups in total. The van der Waals surface area contributed by atoms with Gasteiger partial charge < -0.3 is 4.90 Å². The number of hydrogen-bond acceptors (Lipinski definition) is 2. The third-order valence-corrected chi connectivity index (χ3v) is 3.21. The Morgan fingerprint density at radius 1 is 1.26 bits per heavy atom. The normalized spacial score (nSPS) is 10.8. The zero-order chi connectivity index (χ0) is 17.2. The molecule has 0 aliphatic carbocycles. The molecule has 0 bridgehead atoms. The molecule has 0 unspecified atom stereocenters. The van der Waals surface area contributed by atoms with Gasteiger partial charge in [0.15, 0.2) is 0 Å². The van der Waals surface area contributed by atoms with Crippen LogP contribution in [0.5, 0.6) is 0 Å². The topological polar surface area (TPSA) is 15.6 Å². The summed E-state index contributed by atoms with van der Waals surface area (Å²) in [5, 5.41) is 0. The van der Waals surface area contributed by atoms with E-state index >= 15 is 0 Å². The molecule has 0 amide bonds. The van der Waals surface area contributed by atoms with E-state index in [9.17, 15) is 4.39 Å². The fourth-order valence-electron chi connectivity index (χ4n) is 1.99. The molecule has 0 radical (unpaired) electrons. The zero-order valence-corrected chi connectivity index (χ0v) is 16.5. The van der Waals surface area contributed by atoms with Crippen LogP contribution in [0.1, 0.15) is 11.1 Å². The molecule has 0 aliphatic rings. The van der Waals surface area contributed by atoms with Gasteiger partial charge in [0.25, 0.3) is 0 Å². The second-order valence-electron chi connectivity index (χ2n) is 5.32. The number of aryl methyl sites for hydroxylation is 1. The van der Waals surface area contributed by atoms with Crippen molar-refractivity contribution in [3.63, 3.8) is 0 Å². The Kier molecular flexibility index (Phi) is 9.31. The zero-order valence-electron chi connectivity index (χ0n) is 13.4. The van der Waals surface area contributed by atoms with Gasteiger partial charge in [0, 0.05) is 12.8 Å². The second-order valence-corrected chi connectivity index (χ2v) is 5.32. The van der Waals surface area contributed by atoms with E-state index in [0.717, 1.165) is 23.2 Å². The third-order valence-electron chi connectivity index (χ3n) is 3.21. The Morgan fingerprint density at radius 3 is 2.61 bits per heavy atom. The van der Waals surface area contributed by atoms with Crippen LogP contribution in [-0.2, 0) is 18.8 Å². The number of likely N-dealkylation sites (N-methyl/N-ethyl adjacent to an activating group) is 1. The summed E-state index contributed by atoms with van der Waals surface area (Å²) in [5.74, 6) is -0.255. The average Bonchev–Trinajstić information content (AvgIpc) is 2.55. The molecule has 0 aromatic heterocycles. The Labute approximate surface area is 153 Å². The molecule has 2 aromatic carbocycles. The standard InChI is InChI=1S/C18H20FN2.ClH.Pt/c1-14-7-9-15(10-8-14)16-5-4-6-18(19)17(16)13-20-11-12-21(2)3;;/h4-9,13H,11-12H2,1-3H3;1H;/q-1;;+2/p-1. The van der Waals surface area contributed by atoms with Gasteiger partial charge in [-0.25, -0.2) is 4.39 Å². The summed E-state index contributed by atoms with van der Waals surface area (Å²) in [5.41, 5.74) is 3.37. The van der Waals surface area contributed by atoms with Gasteiger partial charge in [-0.2, -0.15) is 0 Å². The molecule has 0 aliphatic heterocycles. The van der Waals surface area contributed by atoms with Crippen molar-refractivity contribution in [2.75, 3.05) is 27.2 Å². The fourth-order valence-corrected chi connectivity index (χ4v) is 1.99. The van der Waals surface area contributed by atoms with E-state index in [1.165, 1.54) is 6.07 Å². The van der Waals surface area contributed by atoms with E-state index in [1.807, 2.05) is 50.2 Å². The van der Waals surface area contributed by atoms with Gasteiger partial charge in [0.05, 0.1) is 6.54 Å². The quantitative estimate of drug-likeness (QED) is 0.431. The van der Waals surface area contributed by atoms with E-state index in [4.69, 9.17) is 0 Å². The van der Waals surface area contributed by atoms with E-state index in [1.54, 1.807) is 31.1 Å². The Morgan fingerprint density at radius 2 is 2.00 bits per heavy atom. The summed E-state index contributed by atoms with van der Waals surface area (Å²) in [6, 6.07) is 14.1. The summed E-state index contributed by atoms with van der Waals surface area (Å²) in [6.07, 6.45) is 1.63. The summed E-state index contributed by atoms with van der Waals surface area (Å²) >= 11 is 1.61. The maximum absolute atomic E-state index is 14.1. The third kappa shape index (κ3) is 6.54. The van der Waals surface area contributed by atoms with Crippen molar-refractivity contribution in [1.29, 1.82) is 0 Å². The van der Waals surface area contributed by atoms with Gasteiger partial charge in [0.2, 0.25) is 0 Å². The molecule has 126 valence electrons. The predicted octanol–water partition coefficient (Wildman–Crippen LogP) is 4.27. The molecule has 2 nitrogen and oxygen atoms in total. The van der Waals surface area contributed by atoms with E-state index < -0.39 is 0 Å². The summed E-state index contributed by atoms with van der Waals surface area (Å²) < 4.78 is 14.1. The van der Waals surface area contributed by atoms with E-state index in [0.29, 0.717) is 12.1 Å². The molecule has 23 heavy (non-hydrogen) atoms. The first-order valence-corrected chi connectivity index (χ1v) is 9.93. The SMILES string of the molecule is Cc1c[c-]c(-c2cccc(F)c2C=NCCN(C)C)cc1.[Cl][Pt+]. The summed E-state index contributed by atoms with van der Waals surface area (Å²) in [6.45, 7) is 3.50. The van der Waals surface area contributed by atoms with Crippen LogP contribution in [0.4, 0.5) is 4.39 Å². The Hall–Kier alpha value is -1.02. The number of hydrogen-bond donors (Lipinski definition) is 0. The minimum absolute atomic E-state index is 0.255. The van der Waals surface area contributed by atoms with Gasteiger partial charge in [-0.1, -0.05) is 24.6 Å². The molecule has 2 aromatic rings. The van der Waals surface area contributed by atoms with Crippen molar-refractivity contribution in [3.05, 3.63) is 59.4 Å². The van der Waals surface area contributed by atoms with Gasteiger partial charge in [-0.05, 0) is 25.7 Å². The van der Waals surface area contributed by atoms with Crippen molar-refractivity contribution >= 4 is 15.6 Å². The maximum atomic E-state index is 14.1. The van der Waals surface area contributed by atoms with Gasteiger partial charge in [0.1, 0.15) is 5.82 Å². The molecule has 2 rings (SSSR count). The number of halogens is 2. The molecule has 0 atom stereocenters. The van der Waals surface area contributed by atoms with Gasteiger partial charge in [-0.3, -0.25) is 4.99 Å². The predicted molar refractivity (Wildman–Crippen MR) is 92.3 cm³/mol. The van der Waals surface area contributed by atoms with Crippen LogP contribution in [-0.4, -0.2) is 38.3 Å². The number of aliphatic imine (C=N–C) groups is 1. The van der Waals surface area contributed by atoms with Gasteiger partial charge in [-0.15, -0.1) is 35.4 Å². The van der Waals surface area contributed by atoms with Gasteiger partial charge >= 0.3 is 28.2 Å².